The molecule has 1 unspecified atom stereocenters. The largest absolute Gasteiger partial charge is 0.491 e. The number of nitrogens with zero attached hydrogens (tertiary/aromatic N) is 2. The van der Waals surface area contributed by atoms with Crippen LogP contribution in [0.3, 0.4) is 0 Å². The highest BCUT2D eigenvalue weighted by molar-refractivity contribution is 5.83. The number of oxazole rings is 1. The second-order valence-electron chi connectivity index (χ2n) is 9.32. The zero-order valence-corrected chi connectivity index (χ0v) is 25.9. The van der Waals surface area contributed by atoms with E-state index in [2.05, 4.69) is 21.0 Å². The SMILES string of the molecule is C=O.CCOc1c(C)cc(C(CNC)c2ccccc2)nc1-c1cc(F)c(F)cc1F.CN.Cc1nc2ccc(C=O)cc2o1. The van der Waals surface area contributed by atoms with Crippen molar-refractivity contribution in [2.24, 2.45) is 5.73 Å². The third-order valence-corrected chi connectivity index (χ3v) is 6.36. The van der Waals surface area contributed by atoms with E-state index < -0.39 is 17.5 Å². The summed E-state index contributed by atoms with van der Waals surface area (Å²) >= 11 is 0. The monoisotopic (exact) mass is 622 g/mol. The molecule has 3 aromatic carbocycles. The molecule has 0 radical (unpaired) electrons. The lowest BCUT2D eigenvalue weighted by atomic mass is 9.93. The summed E-state index contributed by atoms with van der Waals surface area (Å²) in [5.41, 5.74) is 9.06. The summed E-state index contributed by atoms with van der Waals surface area (Å²) in [7, 11) is 3.34. The number of carbonyl (C=O) groups excluding carboxylic acids is 2. The van der Waals surface area contributed by atoms with Crippen molar-refractivity contribution >= 4 is 24.2 Å². The molecular weight excluding hydrogens is 585 g/mol. The second kappa shape index (κ2) is 18.1. The lowest BCUT2D eigenvalue weighted by Crippen LogP contribution is -2.20. The number of ether oxygens (including phenoxy) is 1. The van der Waals surface area contributed by atoms with E-state index in [4.69, 9.17) is 13.9 Å². The number of fused-ring (bicyclic) bond motifs is 1. The molecule has 0 aliphatic carbocycles. The maximum atomic E-state index is 14.6. The highest BCUT2D eigenvalue weighted by Gasteiger charge is 2.23. The van der Waals surface area contributed by atoms with Crippen LogP contribution in [0.5, 0.6) is 5.75 Å². The van der Waals surface area contributed by atoms with Crippen molar-refractivity contribution in [1.82, 2.24) is 15.3 Å². The van der Waals surface area contributed by atoms with Gasteiger partial charge in [0.05, 0.1) is 12.3 Å². The molecule has 45 heavy (non-hydrogen) atoms. The number of aromatic nitrogens is 2. The van der Waals surface area contributed by atoms with Gasteiger partial charge >= 0.3 is 0 Å². The molecule has 1 atom stereocenters. The van der Waals surface area contributed by atoms with E-state index in [1.54, 1.807) is 32.0 Å². The Hall–Kier alpha value is -4.87. The molecule has 11 heteroatoms. The molecule has 2 aromatic heterocycles. The number of carbonyl (C=O) groups is 2. The zero-order chi connectivity index (χ0) is 33.5. The first kappa shape index (κ1) is 36.3. The van der Waals surface area contributed by atoms with Crippen molar-refractivity contribution in [3.8, 4) is 17.0 Å². The predicted molar refractivity (Wildman–Crippen MR) is 169 cm³/mol. The number of nitrogens with one attached hydrogen (secondary N) is 1. The summed E-state index contributed by atoms with van der Waals surface area (Å²) in [6, 6.07) is 18.2. The summed E-state index contributed by atoms with van der Waals surface area (Å²) in [6.07, 6.45) is 0.789. The molecule has 0 fully saturated rings. The topological polar surface area (TPSA) is 120 Å². The summed E-state index contributed by atoms with van der Waals surface area (Å²) in [5, 5.41) is 3.16. The molecular formula is C34H37F3N4O4. The highest BCUT2D eigenvalue weighted by atomic mass is 19.2. The first-order valence-electron chi connectivity index (χ1n) is 13.9. The first-order valence-corrected chi connectivity index (χ1v) is 13.9. The normalized spacial score (nSPS) is 10.8. The van der Waals surface area contributed by atoms with Crippen LogP contribution in [0.1, 0.15) is 45.9 Å². The predicted octanol–water partition coefficient (Wildman–Crippen LogP) is 6.56. The van der Waals surface area contributed by atoms with Crippen LogP contribution in [0, 0.1) is 31.3 Å². The Morgan fingerprint density at radius 3 is 2.24 bits per heavy atom. The van der Waals surface area contributed by atoms with Gasteiger partial charge in [0, 0.05) is 36.6 Å². The van der Waals surface area contributed by atoms with Gasteiger partial charge in [-0.1, -0.05) is 30.3 Å². The van der Waals surface area contributed by atoms with Crippen LogP contribution in [-0.2, 0) is 4.79 Å². The molecule has 5 rings (SSSR count). The third kappa shape index (κ3) is 9.31. The minimum absolute atomic E-state index is 0.109. The first-order chi connectivity index (χ1) is 21.7. The molecule has 0 aliphatic heterocycles. The Labute approximate surface area is 260 Å². The number of nitrogens with two attached hydrogens (primary N) is 1. The average molecular weight is 623 g/mol. The number of aryl methyl sites for hydroxylation is 2. The van der Waals surface area contributed by atoms with Gasteiger partial charge in [0.15, 0.2) is 23.1 Å². The van der Waals surface area contributed by atoms with Crippen molar-refractivity contribution in [3.63, 3.8) is 0 Å². The van der Waals surface area contributed by atoms with Crippen LogP contribution in [0.25, 0.3) is 22.4 Å². The number of aldehydes is 1. The van der Waals surface area contributed by atoms with Gasteiger partial charge in [-0.15, -0.1) is 0 Å². The molecule has 0 spiro atoms. The second-order valence-corrected chi connectivity index (χ2v) is 9.32. The molecule has 0 saturated carbocycles. The van der Waals surface area contributed by atoms with Gasteiger partial charge in [0.25, 0.3) is 0 Å². The molecule has 0 bridgehead atoms. The summed E-state index contributed by atoms with van der Waals surface area (Å²) < 4.78 is 52.8. The van der Waals surface area contributed by atoms with Crippen molar-refractivity contribution in [2.75, 3.05) is 27.2 Å². The van der Waals surface area contributed by atoms with E-state index in [9.17, 15) is 18.0 Å². The lowest BCUT2D eigenvalue weighted by Gasteiger charge is -2.21. The van der Waals surface area contributed by atoms with Gasteiger partial charge in [-0.25, -0.2) is 23.1 Å². The highest BCUT2D eigenvalue weighted by Crippen LogP contribution is 2.37. The van der Waals surface area contributed by atoms with Gasteiger partial charge in [-0.05, 0) is 69.4 Å². The number of rotatable bonds is 8. The summed E-state index contributed by atoms with van der Waals surface area (Å²) in [6.45, 7) is 8.34. The van der Waals surface area contributed by atoms with Gasteiger partial charge in [-0.2, -0.15) is 0 Å². The van der Waals surface area contributed by atoms with Gasteiger partial charge in [0.2, 0.25) is 0 Å². The molecule has 5 aromatic rings. The minimum atomic E-state index is -1.24. The fraction of sp³-hybridized carbons (Fsp3) is 0.235. The molecule has 8 nitrogen and oxygen atoms in total. The number of benzene rings is 3. The smallest absolute Gasteiger partial charge is 0.192 e. The number of pyridine rings is 1. The molecule has 0 amide bonds. The maximum Gasteiger partial charge on any atom is 0.192 e. The summed E-state index contributed by atoms with van der Waals surface area (Å²) in [5.74, 6) is -2.40. The molecule has 238 valence electrons. The van der Waals surface area contributed by atoms with Crippen LogP contribution in [-0.4, -0.2) is 50.3 Å². The average Bonchev–Trinajstić information content (AvgIpc) is 3.44. The van der Waals surface area contributed by atoms with Crippen molar-refractivity contribution in [1.29, 1.82) is 0 Å². The van der Waals surface area contributed by atoms with Crippen LogP contribution >= 0.6 is 0 Å². The van der Waals surface area contributed by atoms with E-state index in [-0.39, 0.29) is 17.2 Å². The number of likely N-dealkylation sites (N-methyl/N-ethyl adjacent to an activating group) is 1. The Bertz CT molecular complexity index is 1680. The van der Waals surface area contributed by atoms with E-state index >= 15 is 0 Å². The molecule has 2 heterocycles. The van der Waals surface area contributed by atoms with E-state index in [0.29, 0.717) is 47.7 Å². The van der Waals surface area contributed by atoms with Gasteiger partial charge in [-0.3, -0.25) is 4.79 Å². The lowest BCUT2D eigenvalue weighted by molar-refractivity contribution is -0.0980. The number of hydrogen-bond acceptors (Lipinski definition) is 8. The van der Waals surface area contributed by atoms with Crippen molar-refractivity contribution in [3.05, 3.63) is 112 Å². The molecule has 3 N–H and O–H groups in total. The van der Waals surface area contributed by atoms with Crippen molar-refractivity contribution in [2.45, 2.75) is 26.7 Å². The van der Waals surface area contributed by atoms with E-state index in [1.807, 2.05) is 57.2 Å². The zero-order valence-electron chi connectivity index (χ0n) is 25.9. The Morgan fingerprint density at radius 2 is 1.62 bits per heavy atom. The number of hydrogen-bond donors (Lipinski definition) is 2. The van der Waals surface area contributed by atoms with E-state index in [1.165, 1.54) is 7.05 Å². The molecule has 0 saturated heterocycles. The Balaban J connectivity index is 0.000000365. The Morgan fingerprint density at radius 1 is 0.956 bits per heavy atom. The van der Waals surface area contributed by atoms with E-state index in [0.717, 1.165) is 29.0 Å². The fourth-order valence-electron chi connectivity index (χ4n) is 4.49. The number of halogens is 3. The van der Waals surface area contributed by atoms with Crippen LogP contribution in [0.15, 0.2) is 71.1 Å². The van der Waals surface area contributed by atoms with Crippen molar-refractivity contribution < 1.29 is 31.9 Å². The van der Waals surface area contributed by atoms with Gasteiger partial charge in [0.1, 0.15) is 35.9 Å². The standard InChI is InChI=1S/C23H23F3N2O.C9H7NO2.CH5N.CH2O/c1-4-29-23-14(2)10-21(17(13-27-3)15-8-6-5-7-9-15)28-22(23)16-11-19(25)20(26)12-18(16)24;1-6-10-8-3-2-7(5-11)4-9(8)12-6;2*1-2/h5-12,17,27H,4,13H2,1-3H3;2-5H,1H3;2H2,1H3;1H2. The fourth-order valence-corrected chi connectivity index (χ4v) is 4.49. The molecule has 0 aliphatic rings. The minimum Gasteiger partial charge on any atom is -0.491 e. The third-order valence-electron chi connectivity index (χ3n) is 6.36. The van der Waals surface area contributed by atoms with Gasteiger partial charge < -0.3 is 25.0 Å². The van der Waals surface area contributed by atoms with Crippen LogP contribution in [0.2, 0.25) is 0 Å². The van der Waals surface area contributed by atoms with Crippen LogP contribution in [0.4, 0.5) is 13.2 Å². The quantitative estimate of drug-likeness (QED) is 0.147. The van der Waals surface area contributed by atoms with Crippen LogP contribution < -0.4 is 15.8 Å². The maximum absolute atomic E-state index is 14.6. The summed E-state index contributed by atoms with van der Waals surface area (Å²) in [4.78, 5) is 27.2. The Kier molecular flexibility index (Phi) is 14.6.